The van der Waals surface area contributed by atoms with E-state index in [-0.39, 0.29) is 11.3 Å². The summed E-state index contributed by atoms with van der Waals surface area (Å²) in [5.74, 6) is -0.425. The van der Waals surface area contributed by atoms with Crippen LogP contribution in [-0.2, 0) is 7.05 Å². The summed E-state index contributed by atoms with van der Waals surface area (Å²) in [6.07, 6.45) is 1.55. The summed E-state index contributed by atoms with van der Waals surface area (Å²) in [5.41, 5.74) is 2.74. The highest BCUT2D eigenvalue weighted by Gasteiger charge is 2.24. The number of anilines is 2. The van der Waals surface area contributed by atoms with Crippen molar-refractivity contribution in [3.63, 3.8) is 0 Å². The summed E-state index contributed by atoms with van der Waals surface area (Å²) >= 11 is 0. The lowest BCUT2D eigenvalue weighted by Gasteiger charge is -2.33. The van der Waals surface area contributed by atoms with Crippen LogP contribution >= 0.6 is 0 Å². The van der Waals surface area contributed by atoms with Gasteiger partial charge in [-0.3, -0.25) is 19.6 Å². The molecule has 1 amide bonds. The number of hydrogen-bond donors (Lipinski definition) is 1. The molecule has 1 fully saturated rings. The zero-order chi connectivity index (χ0) is 21.4. The van der Waals surface area contributed by atoms with Crippen molar-refractivity contribution in [2.24, 2.45) is 7.05 Å². The molecule has 0 saturated carbocycles. The number of pyridine rings is 1. The van der Waals surface area contributed by atoms with Gasteiger partial charge >= 0.3 is 0 Å². The first-order valence-electron chi connectivity index (χ1n) is 9.66. The van der Waals surface area contributed by atoms with Crippen LogP contribution in [0.15, 0.2) is 30.5 Å². The van der Waals surface area contributed by atoms with Gasteiger partial charge in [0.25, 0.3) is 11.6 Å². The number of nitro benzene ring substituents is 1. The van der Waals surface area contributed by atoms with Crippen molar-refractivity contribution in [2.45, 2.75) is 6.92 Å². The number of aromatic nitrogens is 3. The first-order chi connectivity index (χ1) is 14.3. The van der Waals surface area contributed by atoms with Gasteiger partial charge in [-0.05, 0) is 32.2 Å². The molecule has 3 heterocycles. The summed E-state index contributed by atoms with van der Waals surface area (Å²) in [6.45, 7) is 4.96. The van der Waals surface area contributed by atoms with Gasteiger partial charge < -0.3 is 15.1 Å². The van der Waals surface area contributed by atoms with E-state index in [4.69, 9.17) is 0 Å². The highest BCUT2D eigenvalue weighted by atomic mass is 16.6. The molecule has 1 aromatic carbocycles. The van der Waals surface area contributed by atoms with Crippen LogP contribution in [0.5, 0.6) is 0 Å². The van der Waals surface area contributed by atoms with Gasteiger partial charge in [0.05, 0.1) is 22.5 Å². The Hall–Kier alpha value is -3.53. The molecule has 0 unspecified atom stereocenters. The zero-order valence-corrected chi connectivity index (χ0v) is 17.1. The second-order valence-electron chi connectivity index (χ2n) is 7.51. The molecule has 0 bridgehead atoms. The van der Waals surface area contributed by atoms with Gasteiger partial charge in [-0.2, -0.15) is 5.10 Å². The number of nitro groups is 1. The van der Waals surface area contributed by atoms with Crippen molar-refractivity contribution < 1.29 is 9.72 Å². The van der Waals surface area contributed by atoms with Crippen LogP contribution in [0, 0.1) is 17.0 Å². The predicted octanol–water partition coefficient (Wildman–Crippen LogP) is 2.19. The van der Waals surface area contributed by atoms with Gasteiger partial charge in [0.1, 0.15) is 5.69 Å². The Bertz CT molecular complexity index is 1130. The van der Waals surface area contributed by atoms with Crippen molar-refractivity contribution in [1.82, 2.24) is 19.7 Å². The lowest BCUT2D eigenvalue weighted by Crippen LogP contribution is -2.44. The maximum Gasteiger partial charge on any atom is 0.293 e. The molecule has 1 N–H and O–H groups in total. The number of aryl methyl sites for hydroxylation is 2. The number of hydrogen-bond acceptors (Lipinski definition) is 7. The van der Waals surface area contributed by atoms with Crippen LogP contribution in [0.1, 0.15) is 16.1 Å². The molecule has 10 heteroatoms. The van der Waals surface area contributed by atoms with E-state index in [0.717, 1.165) is 29.8 Å². The van der Waals surface area contributed by atoms with Gasteiger partial charge in [-0.15, -0.1) is 0 Å². The normalized spacial score (nSPS) is 14.8. The van der Waals surface area contributed by atoms with Crippen molar-refractivity contribution in [3.8, 4) is 0 Å². The summed E-state index contributed by atoms with van der Waals surface area (Å²) in [5, 5.41) is 19.6. The van der Waals surface area contributed by atoms with E-state index >= 15 is 0 Å². The highest BCUT2D eigenvalue weighted by molar-refractivity contribution is 6.05. The second kappa shape index (κ2) is 7.71. The molecule has 1 aliphatic heterocycles. The molecular weight excluding hydrogens is 386 g/mol. The molecule has 1 aliphatic rings. The Balaban J connectivity index is 1.59. The minimum absolute atomic E-state index is 0.0658. The molecule has 10 nitrogen and oxygen atoms in total. The van der Waals surface area contributed by atoms with E-state index < -0.39 is 10.8 Å². The molecule has 3 aromatic rings. The van der Waals surface area contributed by atoms with Crippen molar-refractivity contribution >= 4 is 34.0 Å². The largest absolute Gasteiger partial charge is 0.363 e. The third-order valence-electron chi connectivity index (χ3n) is 5.40. The first kappa shape index (κ1) is 19.8. The average molecular weight is 409 g/mol. The number of nitrogens with zero attached hydrogens (tertiary/aromatic N) is 6. The third kappa shape index (κ3) is 3.69. The fourth-order valence-electron chi connectivity index (χ4n) is 3.71. The smallest absolute Gasteiger partial charge is 0.293 e. The number of amides is 1. The lowest BCUT2D eigenvalue weighted by molar-refractivity contribution is -0.384. The number of likely N-dealkylation sites (N-methyl/N-ethyl adjacent to an activating group) is 1. The van der Waals surface area contributed by atoms with Gasteiger partial charge in [0.15, 0.2) is 5.65 Å². The molecule has 1 saturated heterocycles. The Morgan fingerprint density at radius 2 is 1.90 bits per heavy atom. The number of carbonyl (C=O) groups is 1. The Kier molecular flexibility index (Phi) is 5.08. The number of rotatable bonds is 4. The van der Waals surface area contributed by atoms with E-state index in [1.54, 1.807) is 29.1 Å². The molecule has 2 aromatic heterocycles. The molecule has 0 aliphatic carbocycles. The number of benzene rings is 1. The summed E-state index contributed by atoms with van der Waals surface area (Å²) in [6, 6.07) is 6.42. The fourth-order valence-corrected chi connectivity index (χ4v) is 3.71. The number of piperazine rings is 1. The highest BCUT2D eigenvalue weighted by Crippen LogP contribution is 2.30. The van der Waals surface area contributed by atoms with Crippen LogP contribution in [0.2, 0.25) is 0 Å². The SMILES string of the molecule is Cc1nn(C)c2ncc(NC(=O)c3ccc(N4CCN(C)CC4)c([N+](=O)[O-])c3)cc12. The fraction of sp³-hybridized carbons (Fsp3) is 0.350. The first-order valence-corrected chi connectivity index (χ1v) is 9.66. The van der Waals surface area contributed by atoms with Crippen LogP contribution in [-0.4, -0.2) is 63.7 Å². The topological polar surface area (TPSA) is 109 Å². The van der Waals surface area contributed by atoms with E-state index in [9.17, 15) is 14.9 Å². The second-order valence-corrected chi connectivity index (χ2v) is 7.51. The summed E-state index contributed by atoms with van der Waals surface area (Å²) < 4.78 is 1.68. The molecule has 30 heavy (non-hydrogen) atoms. The molecule has 4 rings (SSSR count). The number of carbonyl (C=O) groups excluding carboxylic acids is 1. The van der Waals surface area contributed by atoms with E-state index in [1.807, 2.05) is 25.9 Å². The minimum Gasteiger partial charge on any atom is -0.363 e. The molecule has 0 spiro atoms. The number of fused-ring (bicyclic) bond motifs is 1. The van der Waals surface area contributed by atoms with Crippen LogP contribution in [0.4, 0.5) is 17.1 Å². The molecule has 0 atom stereocenters. The van der Waals surface area contributed by atoms with Gasteiger partial charge in [0, 0.05) is 50.2 Å². The molecule has 0 radical (unpaired) electrons. The van der Waals surface area contributed by atoms with E-state index in [1.165, 1.54) is 6.07 Å². The zero-order valence-electron chi connectivity index (χ0n) is 17.1. The maximum atomic E-state index is 12.7. The van der Waals surface area contributed by atoms with Crippen molar-refractivity contribution in [3.05, 3.63) is 51.8 Å². The Morgan fingerprint density at radius 3 is 2.60 bits per heavy atom. The standard InChI is InChI=1S/C20H23N7O3/c1-13-16-11-15(12-21-19(16)25(3)23-13)22-20(28)14-4-5-17(18(10-14)27(29)30)26-8-6-24(2)7-9-26/h4-5,10-12H,6-9H2,1-3H3,(H,22,28). The molecule has 156 valence electrons. The average Bonchev–Trinajstić information content (AvgIpc) is 3.01. The Morgan fingerprint density at radius 1 is 1.17 bits per heavy atom. The van der Waals surface area contributed by atoms with Gasteiger partial charge in [0.2, 0.25) is 0 Å². The Labute approximate surface area is 173 Å². The third-order valence-corrected chi connectivity index (χ3v) is 5.40. The molecular formula is C20H23N7O3. The van der Waals surface area contributed by atoms with E-state index in [0.29, 0.717) is 24.5 Å². The summed E-state index contributed by atoms with van der Waals surface area (Å²) in [4.78, 5) is 32.5. The maximum absolute atomic E-state index is 12.7. The quantitative estimate of drug-likeness (QED) is 0.519. The predicted molar refractivity (Wildman–Crippen MR) is 114 cm³/mol. The summed E-state index contributed by atoms with van der Waals surface area (Å²) in [7, 11) is 3.83. The monoisotopic (exact) mass is 409 g/mol. The number of nitrogens with one attached hydrogen (secondary N) is 1. The van der Waals surface area contributed by atoms with Gasteiger partial charge in [-0.1, -0.05) is 0 Å². The van der Waals surface area contributed by atoms with E-state index in [2.05, 4.69) is 20.3 Å². The van der Waals surface area contributed by atoms with Crippen LogP contribution < -0.4 is 10.2 Å². The van der Waals surface area contributed by atoms with Crippen molar-refractivity contribution in [1.29, 1.82) is 0 Å². The van der Waals surface area contributed by atoms with Crippen LogP contribution in [0.3, 0.4) is 0 Å². The van der Waals surface area contributed by atoms with Crippen LogP contribution in [0.25, 0.3) is 11.0 Å². The lowest BCUT2D eigenvalue weighted by atomic mass is 10.1. The minimum atomic E-state index is -0.433. The van der Waals surface area contributed by atoms with Gasteiger partial charge in [-0.25, -0.2) is 4.98 Å². The van der Waals surface area contributed by atoms with Crippen molar-refractivity contribution in [2.75, 3.05) is 43.4 Å².